The summed E-state index contributed by atoms with van der Waals surface area (Å²) in [5.41, 5.74) is 2.01. The molecule has 0 radical (unpaired) electrons. The van der Waals surface area contributed by atoms with Crippen molar-refractivity contribution in [2.75, 3.05) is 5.75 Å². The lowest BCUT2D eigenvalue weighted by Crippen LogP contribution is -2.62. The lowest BCUT2D eigenvalue weighted by molar-refractivity contribution is -0.149. The van der Waals surface area contributed by atoms with Gasteiger partial charge in [0.1, 0.15) is 5.70 Å². The third-order valence-electron chi connectivity index (χ3n) is 6.07. The molecule has 36 heavy (non-hydrogen) atoms. The van der Waals surface area contributed by atoms with Crippen molar-refractivity contribution in [3.05, 3.63) is 131 Å². The van der Waals surface area contributed by atoms with Crippen LogP contribution in [0.25, 0.3) is 6.08 Å². The van der Waals surface area contributed by atoms with Gasteiger partial charge in [-0.1, -0.05) is 79.4 Å². The van der Waals surface area contributed by atoms with E-state index in [9.17, 15) is 18.0 Å². The highest BCUT2D eigenvalue weighted by molar-refractivity contribution is 7.92. The second kappa shape index (κ2) is 9.39. The topological polar surface area (TPSA) is 93.6 Å². The van der Waals surface area contributed by atoms with E-state index in [0.717, 1.165) is 16.0 Å². The van der Waals surface area contributed by atoms with Crippen LogP contribution in [-0.4, -0.2) is 41.3 Å². The van der Waals surface area contributed by atoms with Crippen molar-refractivity contribution in [1.29, 1.82) is 0 Å². The summed E-state index contributed by atoms with van der Waals surface area (Å²) in [5, 5.41) is -1.29. The Kier molecular flexibility index (Phi) is 6.12. The molecule has 3 heterocycles. The summed E-state index contributed by atoms with van der Waals surface area (Å²) in [6.07, 6.45) is 3.53. The number of β-lactam (4-membered cyclic amide) rings is 1. The number of aromatic nitrogens is 1. The molecule has 2 aromatic carbocycles. The molecule has 3 aromatic rings. The standard InChI is InChI=1S/C28H22N2O5S/c1-2-19-18-36(33,34)27-23(17-22-15-9-10-16-29-22)26(31)30(27)24(19)28(32)35-25(20-11-5-3-6-12-20)21-13-7-4-8-14-21/h2-17,25,27H,1,18H2/b23-17-/t27-/m1/s1. The third kappa shape index (κ3) is 4.16. The lowest BCUT2D eigenvalue weighted by Gasteiger charge is -2.45. The maximum Gasteiger partial charge on any atom is 0.356 e. The molecule has 1 fully saturated rings. The molecule has 1 atom stereocenters. The second-order valence-electron chi connectivity index (χ2n) is 8.37. The van der Waals surface area contributed by atoms with Gasteiger partial charge in [-0.3, -0.25) is 14.7 Å². The lowest BCUT2D eigenvalue weighted by atomic mass is 9.99. The average molecular weight is 499 g/mol. The van der Waals surface area contributed by atoms with Gasteiger partial charge in [-0.25, -0.2) is 13.2 Å². The summed E-state index contributed by atoms with van der Waals surface area (Å²) < 4.78 is 32.2. The molecular weight excluding hydrogens is 476 g/mol. The van der Waals surface area contributed by atoms with Crippen LogP contribution < -0.4 is 0 Å². The van der Waals surface area contributed by atoms with Gasteiger partial charge in [0, 0.05) is 6.20 Å². The number of rotatable bonds is 6. The fourth-order valence-corrected chi connectivity index (χ4v) is 6.33. The smallest absolute Gasteiger partial charge is 0.356 e. The first-order chi connectivity index (χ1) is 17.4. The van der Waals surface area contributed by atoms with E-state index in [1.165, 1.54) is 12.2 Å². The molecule has 0 aliphatic carbocycles. The fourth-order valence-electron chi connectivity index (χ4n) is 4.40. The maximum atomic E-state index is 13.6. The van der Waals surface area contributed by atoms with E-state index in [1.54, 1.807) is 24.4 Å². The molecule has 7 nitrogen and oxygen atoms in total. The maximum absolute atomic E-state index is 13.6. The van der Waals surface area contributed by atoms with Crippen molar-refractivity contribution in [2.45, 2.75) is 11.5 Å². The number of amides is 1. The number of carbonyl (C=O) groups is 2. The molecule has 2 aliphatic heterocycles. The number of hydrogen-bond acceptors (Lipinski definition) is 6. The van der Waals surface area contributed by atoms with Gasteiger partial charge in [0.15, 0.2) is 21.3 Å². The number of hydrogen-bond donors (Lipinski definition) is 0. The van der Waals surface area contributed by atoms with E-state index >= 15 is 0 Å². The summed E-state index contributed by atoms with van der Waals surface area (Å²) in [7, 11) is -3.81. The molecule has 1 saturated heterocycles. The van der Waals surface area contributed by atoms with Gasteiger partial charge in [0.05, 0.1) is 17.0 Å². The van der Waals surface area contributed by atoms with E-state index in [1.807, 2.05) is 60.7 Å². The molecule has 0 N–H and O–H groups in total. The zero-order chi connectivity index (χ0) is 25.3. The molecular formula is C28H22N2O5S. The van der Waals surface area contributed by atoms with Gasteiger partial charge >= 0.3 is 5.97 Å². The predicted octanol–water partition coefficient (Wildman–Crippen LogP) is 3.83. The Hall–Kier alpha value is -4.30. The van der Waals surface area contributed by atoms with Gasteiger partial charge in [-0.2, -0.15) is 0 Å². The number of pyridine rings is 1. The van der Waals surface area contributed by atoms with Crippen LogP contribution >= 0.6 is 0 Å². The van der Waals surface area contributed by atoms with Crippen molar-refractivity contribution >= 4 is 27.8 Å². The Morgan fingerprint density at radius 3 is 2.17 bits per heavy atom. The summed E-state index contributed by atoms with van der Waals surface area (Å²) >= 11 is 0. The fraction of sp³-hybridized carbons (Fsp3) is 0.107. The summed E-state index contributed by atoms with van der Waals surface area (Å²) in [6, 6.07) is 23.5. The zero-order valence-electron chi connectivity index (χ0n) is 19.2. The van der Waals surface area contributed by atoms with Gasteiger partial charge < -0.3 is 4.74 Å². The summed E-state index contributed by atoms with van der Waals surface area (Å²) in [4.78, 5) is 31.9. The minimum atomic E-state index is -3.81. The molecule has 0 spiro atoms. The van der Waals surface area contributed by atoms with Crippen molar-refractivity contribution in [2.24, 2.45) is 0 Å². The van der Waals surface area contributed by atoms with Crippen LogP contribution in [-0.2, 0) is 24.2 Å². The van der Waals surface area contributed by atoms with Gasteiger partial charge in [0.2, 0.25) is 0 Å². The molecule has 1 aromatic heterocycles. The molecule has 180 valence electrons. The minimum Gasteiger partial charge on any atom is -0.448 e. The van der Waals surface area contributed by atoms with Crippen LogP contribution in [0, 0.1) is 0 Å². The van der Waals surface area contributed by atoms with E-state index in [2.05, 4.69) is 11.6 Å². The molecule has 0 bridgehead atoms. The highest BCUT2D eigenvalue weighted by Gasteiger charge is 2.56. The van der Waals surface area contributed by atoms with E-state index in [-0.39, 0.29) is 16.8 Å². The molecule has 1 amide bonds. The Morgan fingerprint density at radius 1 is 1.00 bits per heavy atom. The minimum absolute atomic E-state index is 0.0600. The Morgan fingerprint density at radius 2 is 1.61 bits per heavy atom. The summed E-state index contributed by atoms with van der Waals surface area (Å²) in [5.74, 6) is -1.82. The quantitative estimate of drug-likeness (QED) is 0.291. The zero-order valence-corrected chi connectivity index (χ0v) is 20.0. The van der Waals surface area contributed by atoms with Crippen LogP contribution in [0.5, 0.6) is 0 Å². The SMILES string of the molecule is C=CC1=C(C(=O)OC(c2ccccc2)c2ccccc2)N2C(=O)/C(=C/c3ccccn3)[C@H]2S(=O)(=O)C1. The number of nitrogens with zero attached hydrogens (tertiary/aromatic N) is 2. The highest BCUT2D eigenvalue weighted by atomic mass is 32.2. The number of fused-ring (bicyclic) bond motifs is 1. The van der Waals surface area contributed by atoms with Crippen molar-refractivity contribution in [1.82, 2.24) is 9.88 Å². The Balaban J connectivity index is 1.53. The number of ether oxygens (including phenoxy) is 1. The van der Waals surface area contributed by atoms with E-state index < -0.39 is 38.9 Å². The molecule has 0 unspecified atom stereocenters. The van der Waals surface area contributed by atoms with Crippen molar-refractivity contribution in [3.8, 4) is 0 Å². The molecule has 0 saturated carbocycles. The number of allylic oxidation sites excluding steroid dienone is 1. The third-order valence-corrected chi connectivity index (χ3v) is 7.93. The number of carbonyl (C=O) groups excluding carboxylic acids is 2. The predicted molar refractivity (Wildman–Crippen MR) is 135 cm³/mol. The average Bonchev–Trinajstić information content (AvgIpc) is 2.91. The van der Waals surface area contributed by atoms with E-state index in [0.29, 0.717) is 5.69 Å². The highest BCUT2D eigenvalue weighted by Crippen LogP contribution is 2.42. The van der Waals surface area contributed by atoms with Crippen molar-refractivity contribution in [3.63, 3.8) is 0 Å². The molecule has 8 heteroatoms. The van der Waals surface area contributed by atoms with Gasteiger partial charge in [-0.15, -0.1) is 0 Å². The Bertz CT molecular complexity index is 1460. The summed E-state index contributed by atoms with van der Waals surface area (Å²) in [6.45, 7) is 3.68. The van der Waals surface area contributed by atoms with Crippen LogP contribution in [0.1, 0.15) is 22.9 Å². The van der Waals surface area contributed by atoms with Gasteiger partial charge in [0.25, 0.3) is 5.91 Å². The first kappa shape index (κ1) is 23.4. The second-order valence-corrected chi connectivity index (χ2v) is 10.4. The number of sulfone groups is 1. The molecule has 5 rings (SSSR count). The number of esters is 1. The normalized spacial score (nSPS) is 19.6. The van der Waals surface area contributed by atoms with E-state index in [4.69, 9.17) is 4.74 Å². The largest absolute Gasteiger partial charge is 0.448 e. The number of benzene rings is 2. The first-order valence-electron chi connectivity index (χ1n) is 11.2. The molecule has 2 aliphatic rings. The van der Waals surface area contributed by atoms with Crippen LogP contribution in [0.2, 0.25) is 0 Å². The van der Waals surface area contributed by atoms with Crippen LogP contribution in [0.3, 0.4) is 0 Å². The first-order valence-corrected chi connectivity index (χ1v) is 13.0. The van der Waals surface area contributed by atoms with Crippen LogP contribution in [0.15, 0.2) is 115 Å². The Labute approximate surface area is 209 Å². The van der Waals surface area contributed by atoms with Crippen LogP contribution in [0.4, 0.5) is 0 Å². The van der Waals surface area contributed by atoms with Crippen molar-refractivity contribution < 1.29 is 22.7 Å². The monoisotopic (exact) mass is 498 g/mol. The van der Waals surface area contributed by atoms with Gasteiger partial charge in [-0.05, 0) is 34.9 Å².